The number of aliphatic hydroxyl groups excluding tert-OH is 1. The lowest BCUT2D eigenvalue weighted by Gasteiger charge is -2.32. The van der Waals surface area contributed by atoms with Crippen molar-refractivity contribution in [1.29, 1.82) is 0 Å². The fraction of sp³-hybridized carbons (Fsp3) is 0.833. The predicted octanol–water partition coefficient (Wildman–Crippen LogP) is -0.0288. The summed E-state index contributed by atoms with van der Waals surface area (Å²) in [6, 6.07) is -0.801. The van der Waals surface area contributed by atoms with E-state index < -0.39 is 12.1 Å². The van der Waals surface area contributed by atoms with Crippen molar-refractivity contribution < 1.29 is 14.7 Å². The number of imide groups is 1. The number of nitrogens with one attached hydrogen (secondary N) is 3. The summed E-state index contributed by atoms with van der Waals surface area (Å²) in [6.07, 6.45) is 4.18. The average Bonchev–Trinajstić information content (AvgIpc) is 2.39. The molecule has 3 amide bonds. The van der Waals surface area contributed by atoms with E-state index in [0.29, 0.717) is 0 Å². The Bertz CT molecular complexity index is 296. The van der Waals surface area contributed by atoms with Crippen molar-refractivity contribution in [1.82, 2.24) is 16.0 Å². The topological polar surface area (TPSA) is 90.5 Å². The number of hydrogen-bond acceptors (Lipinski definition) is 4. The third kappa shape index (κ3) is 4.27. The molecule has 3 unspecified atom stereocenters. The van der Waals surface area contributed by atoms with E-state index in [-0.39, 0.29) is 24.5 Å². The molecule has 0 aromatic heterocycles. The highest BCUT2D eigenvalue weighted by Crippen LogP contribution is 2.24. The number of carbonyl (C=O) groups excluding carboxylic acids is 2. The number of carbonyl (C=O) groups is 2. The summed E-state index contributed by atoms with van der Waals surface area (Å²) in [5, 5.41) is 17.1. The zero-order valence-corrected chi connectivity index (χ0v) is 11.0. The highest BCUT2D eigenvalue weighted by molar-refractivity contribution is 5.96. The molecule has 104 valence electrons. The van der Waals surface area contributed by atoms with Gasteiger partial charge in [-0.1, -0.05) is 12.8 Å². The largest absolute Gasteiger partial charge is 0.396 e. The van der Waals surface area contributed by atoms with Crippen LogP contribution in [0, 0.1) is 5.92 Å². The van der Waals surface area contributed by atoms with Gasteiger partial charge in [0.1, 0.15) is 0 Å². The first-order chi connectivity index (χ1) is 8.58. The van der Waals surface area contributed by atoms with Gasteiger partial charge in [-0.05, 0) is 25.7 Å². The van der Waals surface area contributed by atoms with Crippen LogP contribution < -0.4 is 16.0 Å². The Labute approximate surface area is 108 Å². The molecule has 1 aliphatic carbocycles. The van der Waals surface area contributed by atoms with Gasteiger partial charge in [-0.3, -0.25) is 10.1 Å². The van der Waals surface area contributed by atoms with E-state index in [4.69, 9.17) is 0 Å². The van der Waals surface area contributed by atoms with E-state index in [1.165, 1.54) is 7.05 Å². The number of aliphatic hydroxyl groups is 1. The first kappa shape index (κ1) is 14.9. The lowest BCUT2D eigenvalue weighted by Crippen LogP contribution is -2.52. The van der Waals surface area contributed by atoms with Gasteiger partial charge in [-0.15, -0.1) is 0 Å². The highest BCUT2D eigenvalue weighted by atomic mass is 16.3. The van der Waals surface area contributed by atoms with Gasteiger partial charge in [-0.25, -0.2) is 4.79 Å². The van der Waals surface area contributed by atoms with Crippen LogP contribution in [0.25, 0.3) is 0 Å². The maximum atomic E-state index is 11.7. The smallest absolute Gasteiger partial charge is 0.321 e. The Kier molecular flexibility index (Phi) is 6.07. The van der Waals surface area contributed by atoms with E-state index in [1.807, 2.05) is 0 Å². The van der Waals surface area contributed by atoms with Crippen molar-refractivity contribution in [3.8, 4) is 0 Å². The first-order valence-electron chi connectivity index (χ1n) is 6.48. The molecule has 4 N–H and O–H groups in total. The summed E-state index contributed by atoms with van der Waals surface area (Å²) in [7, 11) is 1.46. The zero-order valence-electron chi connectivity index (χ0n) is 11.0. The van der Waals surface area contributed by atoms with Gasteiger partial charge >= 0.3 is 6.03 Å². The minimum Gasteiger partial charge on any atom is -0.396 e. The molecule has 0 bridgehead atoms. The zero-order chi connectivity index (χ0) is 13.5. The summed E-state index contributed by atoms with van der Waals surface area (Å²) >= 11 is 0. The van der Waals surface area contributed by atoms with Crippen LogP contribution in [0.5, 0.6) is 0 Å². The second kappa shape index (κ2) is 7.33. The minimum atomic E-state index is -0.504. The fourth-order valence-electron chi connectivity index (χ4n) is 2.33. The molecule has 6 nitrogen and oxygen atoms in total. The Morgan fingerprint density at radius 1 is 1.33 bits per heavy atom. The number of amides is 3. The molecule has 6 heteroatoms. The number of rotatable bonds is 4. The van der Waals surface area contributed by atoms with E-state index in [0.717, 1.165) is 25.7 Å². The molecular formula is C12H23N3O3. The van der Waals surface area contributed by atoms with Crippen molar-refractivity contribution in [2.45, 2.75) is 44.7 Å². The van der Waals surface area contributed by atoms with Crippen LogP contribution in [0.4, 0.5) is 4.79 Å². The molecule has 3 atom stereocenters. The molecule has 0 saturated heterocycles. The highest BCUT2D eigenvalue weighted by Gasteiger charge is 2.27. The van der Waals surface area contributed by atoms with Gasteiger partial charge in [-0.2, -0.15) is 0 Å². The van der Waals surface area contributed by atoms with E-state index in [9.17, 15) is 14.7 Å². The SMILES string of the molecule is CNC(=O)NC(=O)C(C)NC1CCCCC1CO. The van der Waals surface area contributed by atoms with Gasteiger partial charge in [0.2, 0.25) is 5.91 Å². The minimum absolute atomic E-state index is 0.140. The molecule has 1 fully saturated rings. The quantitative estimate of drug-likeness (QED) is 0.569. The molecule has 0 radical (unpaired) electrons. The standard InChI is InChI=1S/C12H23N3O3/c1-8(11(17)15-12(18)13-2)14-10-6-4-3-5-9(10)7-16/h8-10,14,16H,3-7H2,1-2H3,(H2,13,15,17,18). The van der Waals surface area contributed by atoms with E-state index in [2.05, 4.69) is 16.0 Å². The molecule has 0 heterocycles. The van der Waals surface area contributed by atoms with Crippen LogP contribution in [0.2, 0.25) is 0 Å². The Hall–Kier alpha value is -1.14. The van der Waals surface area contributed by atoms with Crippen molar-refractivity contribution in [3.63, 3.8) is 0 Å². The summed E-state index contributed by atoms with van der Waals surface area (Å²) in [5.41, 5.74) is 0. The fourth-order valence-corrected chi connectivity index (χ4v) is 2.33. The van der Waals surface area contributed by atoms with E-state index in [1.54, 1.807) is 6.92 Å². The maximum Gasteiger partial charge on any atom is 0.321 e. The molecule has 0 aromatic carbocycles. The summed E-state index contributed by atoms with van der Waals surface area (Å²) in [5.74, 6) is -0.148. The molecule has 1 aliphatic rings. The summed E-state index contributed by atoms with van der Waals surface area (Å²) in [6.45, 7) is 1.86. The van der Waals surface area contributed by atoms with Crippen LogP contribution in [-0.4, -0.2) is 42.8 Å². The third-order valence-electron chi connectivity index (χ3n) is 3.46. The molecule has 18 heavy (non-hydrogen) atoms. The molecular weight excluding hydrogens is 234 g/mol. The third-order valence-corrected chi connectivity index (χ3v) is 3.46. The Balaban J connectivity index is 2.44. The lowest BCUT2D eigenvalue weighted by atomic mass is 9.84. The van der Waals surface area contributed by atoms with Crippen LogP contribution in [-0.2, 0) is 4.79 Å². The molecule has 0 aliphatic heterocycles. The van der Waals surface area contributed by atoms with Gasteiger partial charge in [0, 0.05) is 19.7 Å². The van der Waals surface area contributed by atoms with Gasteiger partial charge < -0.3 is 15.7 Å². The first-order valence-corrected chi connectivity index (χ1v) is 6.48. The van der Waals surface area contributed by atoms with Crippen molar-refractivity contribution in [3.05, 3.63) is 0 Å². The normalized spacial score (nSPS) is 25.3. The molecule has 0 spiro atoms. The van der Waals surface area contributed by atoms with Gasteiger partial charge in [0.25, 0.3) is 0 Å². The average molecular weight is 257 g/mol. The molecule has 1 saturated carbocycles. The van der Waals surface area contributed by atoms with Crippen molar-refractivity contribution in [2.24, 2.45) is 5.92 Å². The van der Waals surface area contributed by atoms with Crippen LogP contribution in [0.15, 0.2) is 0 Å². The van der Waals surface area contributed by atoms with Crippen LogP contribution in [0.1, 0.15) is 32.6 Å². The monoisotopic (exact) mass is 257 g/mol. The lowest BCUT2D eigenvalue weighted by molar-refractivity contribution is -0.122. The maximum absolute atomic E-state index is 11.7. The van der Waals surface area contributed by atoms with Crippen LogP contribution >= 0.6 is 0 Å². The Morgan fingerprint density at radius 2 is 2.00 bits per heavy atom. The van der Waals surface area contributed by atoms with Gasteiger partial charge in [0.05, 0.1) is 6.04 Å². The van der Waals surface area contributed by atoms with Crippen LogP contribution in [0.3, 0.4) is 0 Å². The van der Waals surface area contributed by atoms with Gasteiger partial charge in [0.15, 0.2) is 0 Å². The second-order valence-electron chi connectivity index (χ2n) is 4.79. The molecule has 1 rings (SSSR count). The summed E-state index contributed by atoms with van der Waals surface area (Å²) in [4.78, 5) is 22.7. The number of urea groups is 1. The van der Waals surface area contributed by atoms with Crippen molar-refractivity contribution >= 4 is 11.9 Å². The number of hydrogen-bond donors (Lipinski definition) is 4. The second-order valence-corrected chi connectivity index (χ2v) is 4.79. The molecule has 0 aromatic rings. The Morgan fingerprint density at radius 3 is 2.61 bits per heavy atom. The summed E-state index contributed by atoms with van der Waals surface area (Å²) < 4.78 is 0. The van der Waals surface area contributed by atoms with Crippen molar-refractivity contribution in [2.75, 3.05) is 13.7 Å². The van der Waals surface area contributed by atoms with E-state index >= 15 is 0 Å². The predicted molar refractivity (Wildman–Crippen MR) is 68.0 cm³/mol.